The Labute approximate surface area is 157 Å². The van der Waals surface area contributed by atoms with Gasteiger partial charge in [0.25, 0.3) is 12.3 Å². The van der Waals surface area contributed by atoms with E-state index in [1.807, 2.05) is 0 Å². The number of ether oxygens (including phenoxy) is 1. The standard InChI is InChI=1S/C18H18F5N3O2/c1-8(16(20)21)25-10-5-11(6-10)26-17(27)13-7-24-14-3-2-9(19)4-12(14)15(13)28-18(22)23/h2-4,7-8,10-11,16,18,25H,5-6H2,1H3,(H,26,27)/t8-,10?,11?/m0/s1. The molecule has 1 saturated carbocycles. The van der Waals surface area contributed by atoms with Crippen LogP contribution in [0.2, 0.25) is 0 Å². The van der Waals surface area contributed by atoms with Crippen LogP contribution in [0.3, 0.4) is 0 Å². The van der Waals surface area contributed by atoms with Gasteiger partial charge < -0.3 is 15.4 Å². The minimum atomic E-state index is -3.21. The normalized spacial score (nSPS) is 20.3. The van der Waals surface area contributed by atoms with E-state index in [0.29, 0.717) is 12.8 Å². The number of amides is 1. The summed E-state index contributed by atoms with van der Waals surface area (Å²) in [5, 5.41) is 5.33. The molecule has 0 radical (unpaired) electrons. The van der Waals surface area contributed by atoms with Crippen molar-refractivity contribution in [3.8, 4) is 5.75 Å². The average molecular weight is 403 g/mol. The SMILES string of the molecule is C[C@H](NC1CC(NC(=O)c2cnc3ccc(F)cc3c2OC(F)F)C1)C(F)F. The summed E-state index contributed by atoms with van der Waals surface area (Å²) in [6, 6.07) is 1.92. The van der Waals surface area contributed by atoms with Crippen molar-refractivity contribution in [2.75, 3.05) is 0 Å². The lowest BCUT2D eigenvalue weighted by Crippen LogP contribution is -2.55. The third kappa shape index (κ3) is 4.49. The van der Waals surface area contributed by atoms with Gasteiger partial charge in [-0.2, -0.15) is 8.78 Å². The van der Waals surface area contributed by atoms with Gasteiger partial charge in [0.15, 0.2) is 0 Å². The van der Waals surface area contributed by atoms with E-state index in [1.54, 1.807) is 0 Å². The molecular weight excluding hydrogens is 385 g/mol. The van der Waals surface area contributed by atoms with Gasteiger partial charge in [0.2, 0.25) is 0 Å². The zero-order chi connectivity index (χ0) is 20.4. The second kappa shape index (κ2) is 8.26. The largest absolute Gasteiger partial charge is 0.433 e. The maximum absolute atomic E-state index is 13.5. The van der Waals surface area contributed by atoms with Crippen LogP contribution in [0.25, 0.3) is 10.9 Å². The molecule has 1 amide bonds. The number of carbonyl (C=O) groups is 1. The topological polar surface area (TPSA) is 63.2 Å². The van der Waals surface area contributed by atoms with Gasteiger partial charge in [-0.15, -0.1) is 0 Å². The van der Waals surface area contributed by atoms with Gasteiger partial charge in [0, 0.05) is 23.7 Å². The van der Waals surface area contributed by atoms with Gasteiger partial charge in [0.1, 0.15) is 17.1 Å². The summed E-state index contributed by atoms with van der Waals surface area (Å²) in [6.45, 7) is -1.85. The molecule has 3 rings (SSSR count). The molecule has 0 bridgehead atoms. The Hall–Kier alpha value is -2.49. The van der Waals surface area contributed by atoms with Crippen LogP contribution in [-0.4, -0.2) is 42.1 Å². The monoisotopic (exact) mass is 403 g/mol. The summed E-state index contributed by atoms with van der Waals surface area (Å²) in [5.74, 6) is -1.86. The Balaban J connectivity index is 1.73. The molecule has 2 aromatic rings. The zero-order valence-corrected chi connectivity index (χ0v) is 14.8. The van der Waals surface area contributed by atoms with E-state index >= 15 is 0 Å². The van der Waals surface area contributed by atoms with Crippen molar-refractivity contribution >= 4 is 16.8 Å². The molecule has 152 valence electrons. The van der Waals surface area contributed by atoms with E-state index in [9.17, 15) is 26.7 Å². The van der Waals surface area contributed by atoms with E-state index in [2.05, 4.69) is 20.4 Å². The first kappa shape index (κ1) is 20.2. The van der Waals surface area contributed by atoms with Crippen LogP contribution in [0.15, 0.2) is 24.4 Å². The van der Waals surface area contributed by atoms with Gasteiger partial charge in [-0.05, 0) is 38.0 Å². The molecule has 1 heterocycles. The van der Waals surface area contributed by atoms with E-state index in [1.165, 1.54) is 13.0 Å². The summed E-state index contributed by atoms with van der Waals surface area (Å²) in [5.41, 5.74) is -0.0572. The Kier molecular flexibility index (Phi) is 5.97. The highest BCUT2D eigenvalue weighted by molar-refractivity contribution is 6.02. The summed E-state index contributed by atoms with van der Waals surface area (Å²) in [7, 11) is 0. The molecule has 28 heavy (non-hydrogen) atoms. The first-order chi connectivity index (χ1) is 13.2. The van der Waals surface area contributed by atoms with Crippen molar-refractivity contribution in [3.63, 3.8) is 0 Å². The Morgan fingerprint density at radius 3 is 2.57 bits per heavy atom. The Morgan fingerprint density at radius 2 is 1.93 bits per heavy atom. The van der Waals surface area contributed by atoms with Crippen LogP contribution < -0.4 is 15.4 Å². The Morgan fingerprint density at radius 1 is 1.21 bits per heavy atom. The number of hydrogen-bond donors (Lipinski definition) is 2. The second-order valence-electron chi connectivity index (χ2n) is 6.67. The predicted octanol–water partition coefficient (Wildman–Crippen LogP) is 3.48. The first-order valence-electron chi connectivity index (χ1n) is 8.62. The van der Waals surface area contributed by atoms with Gasteiger partial charge in [0.05, 0.1) is 11.6 Å². The van der Waals surface area contributed by atoms with Crippen LogP contribution >= 0.6 is 0 Å². The summed E-state index contributed by atoms with van der Waals surface area (Å²) < 4.78 is 68.8. The minimum absolute atomic E-state index is 0.0492. The third-order valence-corrected chi connectivity index (χ3v) is 4.58. The first-order valence-corrected chi connectivity index (χ1v) is 8.62. The number of alkyl halides is 4. The molecule has 1 aromatic carbocycles. The fourth-order valence-electron chi connectivity index (χ4n) is 3.10. The summed E-state index contributed by atoms with van der Waals surface area (Å²) in [6.07, 6.45) is -0.570. The molecule has 1 fully saturated rings. The lowest BCUT2D eigenvalue weighted by Gasteiger charge is -2.38. The lowest BCUT2D eigenvalue weighted by molar-refractivity contribution is -0.0491. The quantitative estimate of drug-likeness (QED) is 0.695. The zero-order valence-electron chi connectivity index (χ0n) is 14.8. The van der Waals surface area contributed by atoms with Crippen LogP contribution in [0.1, 0.15) is 30.1 Å². The van der Waals surface area contributed by atoms with Crippen LogP contribution in [0, 0.1) is 5.82 Å². The average Bonchev–Trinajstić information content (AvgIpc) is 2.59. The van der Waals surface area contributed by atoms with Crippen molar-refractivity contribution in [3.05, 3.63) is 35.8 Å². The third-order valence-electron chi connectivity index (χ3n) is 4.58. The van der Waals surface area contributed by atoms with E-state index in [4.69, 9.17) is 0 Å². The molecule has 0 aliphatic heterocycles. The number of carbonyl (C=O) groups excluding carboxylic acids is 1. The van der Waals surface area contributed by atoms with Crippen LogP contribution in [0.5, 0.6) is 5.75 Å². The van der Waals surface area contributed by atoms with Gasteiger partial charge >= 0.3 is 6.61 Å². The molecule has 0 unspecified atom stereocenters. The van der Waals surface area contributed by atoms with Crippen molar-refractivity contribution < 1.29 is 31.5 Å². The summed E-state index contributed by atoms with van der Waals surface area (Å²) >= 11 is 0. The van der Waals surface area contributed by atoms with Crippen molar-refractivity contribution in [1.29, 1.82) is 0 Å². The minimum Gasteiger partial charge on any atom is -0.433 e. The number of nitrogens with one attached hydrogen (secondary N) is 2. The number of hydrogen-bond acceptors (Lipinski definition) is 4. The second-order valence-corrected chi connectivity index (χ2v) is 6.67. The maximum atomic E-state index is 13.5. The molecule has 5 nitrogen and oxygen atoms in total. The number of rotatable bonds is 7. The molecule has 10 heteroatoms. The molecular formula is C18H18F5N3O2. The fourth-order valence-corrected chi connectivity index (χ4v) is 3.10. The molecule has 1 aliphatic rings. The van der Waals surface area contributed by atoms with Crippen molar-refractivity contribution in [2.24, 2.45) is 0 Å². The molecule has 1 aliphatic carbocycles. The maximum Gasteiger partial charge on any atom is 0.387 e. The van der Waals surface area contributed by atoms with Crippen LogP contribution in [-0.2, 0) is 0 Å². The molecule has 1 aromatic heterocycles. The molecule has 1 atom stereocenters. The number of nitrogens with zero attached hydrogens (tertiary/aromatic N) is 1. The van der Waals surface area contributed by atoms with Gasteiger partial charge in [-0.3, -0.25) is 9.78 Å². The number of benzene rings is 1. The molecule has 2 N–H and O–H groups in total. The number of pyridine rings is 1. The predicted molar refractivity (Wildman–Crippen MR) is 91.2 cm³/mol. The number of fused-ring (bicyclic) bond motifs is 1. The highest BCUT2D eigenvalue weighted by atomic mass is 19.3. The summed E-state index contributed by atoms with van der Waals surface area (Å²) in [4.78, 5) is 16.5. The van der Waals surface area contributed by atoms with Crippen LogP contribution in [0.4, 0.5) is 22.0 Å². The van der Waals surface area contributed by atoms with E-state index in [-0.39, 0.29) is 28.6 Å². The molecule has 0 saturated heterocycles. The highest BCUT2D eigenvalue weighted by Crippen LogP contribution is 2.31. The Bertz CT molecular complexity index is 858. The van der Waals surface area contributed by atoms with Gasteiger partial charge in [-0.1, -0.05) is 0 Å². The lowest BCUT2D eigenvalue weighted by atomic mass is 9.86. The number of halogens is 5. The fraction of sp³-hybridized carbons (Fsp3) is 0.444. The number of aromatic nitrogens is 1. The van der Waals surface area contributed by atoms with Gasteiger partial charge in [-0.25, -0.2) is 13.2 Å². The smallest absolute Gasteiger partial charge is 0.387 e. The molecule has 0 spiro atoms. The highest BCUT2D eigenvalue weighted by Gasteiger charge is 2.33. The van der Waals surface area contributed by atoms with E-state index < -0.39 is 36.6 Å². The van der Waals surface area contributed by atoms with Crippen molar-refractivity contribution in [1.82, 2.24) is 15.6 Å². The van der Waals surface area contributed by atoms with Crippen molar-refractivity contribution in [2.45, 2.75) is 50.9 Å². The van der Waals surface area contributed by atoms with E-state index in [0.717, 1.165) is 18.3 Å².